The number of piperazine rings is 1. The van der Waals surface area contributed by atoms with Crippen molar-refractivity contribution >= 4 is 33.3 Å². The summed E-state index contributed by atoms with van der Waals surface area (Å²) in [5.41, 5.74) is 2.02. The first-order valence-electron chi connectivity index (χ1n) is 9.99. The number of rotatable bonds is 3. The number of carbonyl (C=O) groups excluding carboxylic acids is 2. The number of para-hydroxylation sites is 1. The van der Waals surface area contributed by atoms with Gasteiger partial charge in [-0.25, -0.2) is 13.2 Å². The fourth-order valence-electron chi connectivity index (χ4n) is 3.54. The summed E-state index contributed by atoms with van der Waals surface area (Å²) in [4.78, 5) is 26.1. The lowest BCUT2D eigenvalue weighted by Gasteiger charge is -2.34. The minimum atomic E-state index is -3.77. The normalized spacial score (nSPS) is 19.2. The van der Waals surface area contributed by atoms with Crippen LogP contribution in [-0.4, -0.2) is 61.8 Å². The molecule has 0 spiro atoms. The van der Waals surface area contributed by atoms with Crippen LogP contribution < -0.4 is 15.4 Å². The summed E-state index contributed by atoms with van der Waals surface area (Å²) in [5, 5.41) is 5.54. The first-order chi connectivity index (χ1) is 14.8. The van der Waals surface area contributed by atoms with Crippen molar-refractivity contribution in [2.75, 3.05) is 36.8 Å². The number of urea groups is 1. The Morgan fingerprint density at radius 2 is 1.84 bits per heavy atom. The molecule has 2 aliphatic heterocycles. The average Bonchev–Trinajstić information content (AvgIpc) is 2.76. The van der Waals surface area contributed by atoms with Crippen LogP contribution in [0.25, 0.3) is 0 Å². The van der Waals surface area contributed by atoms with Crippen molar-refractivity contribution in [2.24, 2.45) is 0 Å². The zero-order valence-electron chi connectivity index (χ0n) is 17.3. The van der Waals surface area contributed by atoms with Crippen LogP contribution in [-0.2, 0) is 14.8 Å². The Labute approximate surface area is 181 Å². The summed E-state index contributed by atoms with van der Waals surface area (Å²) < 4.78 is 33.0. The standard InChI is InChI=1S/C21H24N4O5S/c1-14-5-3-4-6-17(14)23-21(27)24-9-11-25(12-10-24)31(28,29)16-7-8-19-18(13-16)22-20(26)15(2)30-19/h3-8,13,15H,9-12H2,1-2H3,(H,22,26)(H,23,27)/t15-/m1/s1. The lowest BCUT2D eigenvalue weighted by molar-refractivity contribution is -0.122. The molecule has 1 atom stereocenters. The number of hydrogen-bond acceptors (Lipinski definition) is 5. The molecule has 9 nitrogen and oxygen atoms in total. The van der Waals surface area contributed by atoms with E-state index in [1.807, 2.05) is 31.2 Å². The molecule has 2 aliphatic rings. The number of carbonyl (C=O) groups is 2. The van der Waals surface area contributed by atoms with Gasteiger partial charge < -0.3 is 20.3 Å². The van der Waals surface area contributed by atoms with Gasteiger partial charge in [0.05, 0.1) is 10.6 Å². The van der Waals surface area contributed by atoms with E-state index in [4.69, 9.17) is 4.74 Å². The number of sulfonamides is 1. The van der Waals surface area contributed by atoms with Crippen LogP contribution in [0, 0.1) is 6.92 Å². The summed E-state index contributed by atoms with van der Waals surface area (Å²) in [7, 11) is -3.77. The molecule has 31 heavy (non-hydrogen) atoms. The van der Waals surface area contributed by atoms with Crippen molar-refractivity contribution in [1.82, 2.24) is 9.21 Å². The zero-order chi connectivity index (χ0) is 22.2. The molecule has 0 bridgehead atoms. The summed E-state index contributed by atoms with van der Waals surface area (Å²) >= 11 is 0. The van der Waals surface area contributed by atoms with Gasteiger partial charge in [0.25, 0.3) is 5.91 Å². The number of anilines is 2. The molecule has 0 radical (unpaired) electrons. The molecule has 164 valence electrons. The summed E-state index contributed by atoms with van der Waals surface area (Å²) in [6.45, 7) is 4.45. The molecule has 0 aromatic heterocycles. The van der Waals surface area contributed by atoms with Crippen molar-refractivity contribution in [3.63, 3.8) is 0 Å². The van der Waals surface area contributed by atoms with Crippen LogP contribution in [0.4, 0.5) is 16.2 Å². The number of ether oxygens (including phenoxy) is 1. The highest BCUT2D eigenvalue weighted by atomic mass is 32.2. The van der Waals surface area contributed by atoms with Gasteiger partial charge in [0, 0.05) is 31.9 Å². The Balaban J connectivity index is 1.42. The zero-order valence-corrected chi connectivity index (χ0v) is 18.1. The largest absolute Gasteiger partial charge is 0.479 e. The Hall–Kier alpha value is -3.11. The molecule has 2 aromatic carbocycles. The molecule has 3 amide bonds. The molecular weight excluding hydrogens is 420 g/mol. The van der Waals surface area contributed by atoms with Gasteiger partial charge in [-0.05, 0) is 43.7 Å². The van der Waals surface area contributed by atoms with Crippen LogP contribution in [0.3, 0.4) is 0 Å². The van der Waals surface area contributed by atoms with Crippen LogP contribution >= 0.6 is 0 Å². The molecule has 1 fully saturated rings. The van der Waals surface area contributed by atoms with Crippen LogP contribution in [0.15, 0.2) is 47.4 Å². The van der Waals surface area contributed by atoms with Gasteiger partial charge in [-0.3, -0.25) is 4.79 Å². The predicted octanol–water partition coefficient (Wildman–Crippen LogP) is 2.25. The molecule has 0 saturated carbocycles. The molecule has 2 N–H and O–H groups in total. The van der Waals surface area contributed by atoms with Crippen molar-refractivity contribution in [3.05, 3.63) is 48.0 Å². The highest BCUT2D eigenvalue weighted by Gasteiger charge is 2.32. The quantitative estimate of drug-likeness (QED) is 0.755. The number of benzene rings is 2. The number of aryl methyl sites for hydroxylation is 1. The van der Waals surface area contributed by atoms with E-state index >= 15 is 0 Å². The fourth-order valence-corrected chi connectivity index (χ4v) is 4.99. The SMILES string of the molecule is Cc1ccccc1NC(=O)N1CCN(S(=O)(=O)c2ccc3c(c2)NC(=O)[C@@H](C)O3)CC1. The van der Waals surface area contributed by atoms with E-state index in [1.54, 1.807) is 17.9 Å². The Morgan fingerprint density at radius 1 is 1.13 bits per heavy atom. The number of hydrogen-bond donors (Lipinski definition) is 2. The first-order valence-corrected chi connectivity index (χ1v) is 11.4. The monoisotopic (exact) mass is 444 g/mol. The smallest absolute Gasteiger partial charge is 0.321 e. The van der Waals surface area contributed by atoms with Gasteiger partial charge in [0.2, 0.25) is 10.0 Å². The maximum absolute atomic E-state index is 13.1. The molecule has 4 rings (SSSR count). The highest BCUT2D eigenvalue weighted by molar-refractivity contribution is 7.89. The van der Waals surface area contributed by atoms with Gasteiger partial charge in [-0.2, -0.15) is 4.31 Å². The van der Waals surface area contributed by atoms with Crippen LogP contribution in [0.1, 0.15) is 12.5 Å². The lowest BCUT2D eigenvalue weighted by Crippen LogP contribution is -2.51. The Bertz CT molecular complexity index is 1130. The van der Waals surface area contributed by atoms with Crippen molar-refractivity contribution in [2.45, 2.75) is 24.8 Å². The van der Waals surface area contributed by atoms with Gasteiger partial charge >= 0.3 is 6.03 Å². The van der Waals surface area contributed by atoms with E-state index in [2.05, 4.69) is 10.6 Å². The highest BCUT2D eigenvalue weighted by Crippen LogP contribution is 2.33. The molecule has 2 heterocycles. The molecule has 0 unspecified atom stereocenters. The lowest BCUT2D eigenvalue weighted by atomic mass is 10.2. The van der Waals surface area contributed by atoms with Crippen molar-refractivity contribution in [3.8, 4) is 5.75 Å². The van der Waals surface area contributed by atoms with Crippen molar-refractivity contribution < 1.29 is 22.7 Å². The minimum absolute atomic E-state index is 0.0718. The third-order valence-electron chi connectivity index (χ3n) is 5.43. The summed E-state index contributed by atoms with van der Waals surface area (Å²) in [6.07, 6.45) is -0.631. The fraction of sp³-hybridized carbons (Fsp3) is 0.333. The van der Waals surface area contributed by atoms with Crippen molar-refractivity contribution in [1.29, 1.82) is 0 Å². The van der Waals surface area contributed by atoms with Gasteiger partial charge in [0.15, 0.2) is 6.10 Å². The topological polar surface area (TPSA) is 108 Å². The molecular formula is C21H24N4O5S. The van der Waals surface area contributed by atoms with Gasteiger partial charge in [-0.15, -0.1) is 0 Å². The van der Waals surface area contributed by atoms with E-state index in [1.165, 1.54) is 16.4 Å². The Morgan fingerprint density at radius 3 is 2.55 bits per heavy atom. The molecule has 2 aromatic rings. The maximum atomic E-state index is 13.1. The van der Waals surface area contributed by atoms with E-state index < -0.39 is 16.1 Å². The molecule has 10 heteroatoms. The first kappa shape index (κ1) is 21.1. The number of amides is 3. The van der Waals surface area contributed by atoms with Gasteiger partial charge in [0.1, 0.15) is 5.75 Å². The van der Waals surface area contributed by atoms with E-state index in [-0.39, 0.29) is 43.0 Å². The van der Waals surface area contributed by atoms with Crippen LogP contribution in [0.2, 0.25) is 0 Å². The number of fused-ring (bicyclic) bond motifs is 1. The maximum Gasteiger partial charge on any atom is 0.321 e. The minimum Gasteiger partial charge on any atom is -0.479 e. The third-order valence-corrected chi connectivity index (χ3v) is 7.33. The third kappa shape index (κ3) is 4.21. The van der Waals surface area contributed by atoms with E-state index in [0.29, 0.717) is 11.4 Å². The average molecular weight is 445 g/mol. The second-order valence-electron chi connectivity index (χ2n) is 7.54. The Kier molecular flexibility index (Phi) is 5.59. The molecule has 0 aliphatic carbocycles. The molecule has 1 saturated heterocycles. The predicted molar refractivity (Wildman–Crippen MR) is 116 cm³/mol. The summed E-state index contributed by atoms with van der Waals surface area (Å²) in [6, 6.07) is 11.6. The second kappa shape index (κ2) is 8.20. The number of nitrogens with zero attached hydrogens (tertiary/aromatic N) is 2. The van der Waals surface area contributed by atoms with E-state index in [0.717, 1.165) is 11.3 Å². The number of nitrogens with one attached hydrogen (secondary N) is 2. The van der Waals surface area contributed by atoms with Gasteiger partial charge in [-0.1, -0.05) is 18.2 Å². The van der Waals surface area contributed by atoms with E-state index in [9.17, 15) is 18.0 Å². The summed E-state index contributed by atoms with van der Waals surface area (Å²) in [5.74, 6) is 0.110. The second-order valence-corrected chi connectivity index (χ2v) is 9.48. The van der Waals surface area contributed by atoms with Crippen LogP contribution in [0.5, 0.6) is 5.75 Å².